The summed E-state index contributed by atoms with van der Waals surface area (Å²) in [5.74, 6) is 0.736. The number of anilines is 1. The molecule has 1 fully saturated rings. The molecule has 33 heavy (non-hydrogen) atoms. The number of halogens is 1. The number of nitrogens with zero attached hydrogens (tertiary/aromatic N) is 3. The van der Waals surface area contributed by atoms with Crippen molar-refractivity contribution in [1.82, 2.24) is 9.55 Å². The van der Waals surface area contributed by atoms with Crippen molar-refractivity contribution in [3.63, 3.8) is 0 Å². The third-order valence-corrected chi connectivity index (χ3v) is 6.70. The molecule has 1 amide bonds. The highest BCUT2D eigenvalue weighted by Gasteiger charge is 2.35. The van der Waals surface area contributed by atoms with Crippen LogP contribution < -0.4 is 4.90 Å². The van der Waals surface area contributed by atoms with E-state index in [1.165, 1.54) is 5.56 Å². The molecule has 0 bridgehead atoms. The lowest BCUT2D eigenvalue weighted by atomic mass is 10.1. The molecule has 2 heterocycles. The van der Waals surface area contributed by atoms with Crippen LogP contribution in [0.25, 0.3) is 11.0 Å². The van der Waals surface area contributed by atoms with Crippen molar-refractivity contribution in [2.24, 2.45) is 0 Å². The fourth-order valence-corrected chi connectivity index (χ4v) is 4.59. The number of carbonyl (C=O) groups excluding carboxylic acids is 2. The first-order valence-corrected chi connectivity index (χ1v) is 11.4. The molecule has 0 radical (unpaired) electrons. The normalized spacial score (nSPS) is 16.0. The van der Waals surface area contributed by atoms with Crippen molar-refractivity contribution in [2.75, 3.05) is 11.4 Å². The van der Waals surface area contributed by atoms with Crippen molar-refractivity contribution >= 4 is 40.0 Å². The van der Waals surface area contributed by atoms with Crippen molar-refractivity contribution in [3.05, 3.63) is 94.3 Å². The zero-order valence-electron chi connectivity index (χ0n) is 18.6. The third kappa shape index (κ3) is 4.05. The number of fused-ring (bicyclic) bond motifs is 1. The second-order valence-corrected chi connectivity index (χ2v) is 9.09. The summed E-state index contributed by atoms with van der Waals surface area (Å²) in [5, 5.41) is 0.594. The first-order valence-electron chi connectivity index (χ1n) is 11.0. The van der Waals surface area contributed by atoms with E-state index in [0.717, 1.165) is 28.1 Å². The Morgan fingerprint density at radius 3 is 2.55 bits per heavy atom. The summed E-state index contributed by atoms with van der Waals surface area (Å²) in [6.45, 7) is 4.82. The number of ketones is 1. The highest BCUT2D eigenvalue weighted by Crippen LogP contribution is 2.34. The smallest absolute Gasteiger partial charge is 0.227 e. The number of hydrogen-bond acceptors (Lipinski definition) is 3. The average Bonchev–Trinajstić information content (AvgIpc) is 3.37. The van der Waals surface area contributed by atoms with Gasteiger partial charge >= 0.3 is 0 Å². The minimum atomic E-state index is -0.0930. The number of benzene rings is 3. The number of Topliss-reactive ketones (excluding diaryl/α,β-unsaturated/α-hetero) is 1. The average molecular weight is 458 g/mol. The van der Waals surface area contributed by atoms with Gasteiger partial charge in [0.2, 0.25) is 5.91 Å². The summed E-state index contributed by atoms with van der Waals surface area (Å²) in [6.07, 6.45) is 0.366. The van der Waals surface area contributed by atoms with Gasteiger partial charge in [-0.25, -0.2) is 4.98 Å². The van der Waals surface area contributed by atoms with Gasteiger partial charge in [0.25, 0.3) is 0 Å². The summed E-state index contributed by atoms with van der Waals surface area (Å²) in [7, 11) is 0. The standard InChI is InChI=1S/C27H24ClN3O2/c1-17-7-12-22(13-18(17)2)30-15-20(14-26(30)33)27-29-23-5-3-4-6-24(23)31(27)16-25(32)19-8-10-21(28)11-9-19/h3-13,20H,14-16H2,1-2H3. The molecule has 1 aromatic heterocycles. The van der Waals surface area contributed by atoms with Crippen molar-refractivity contribution in [2.45, 2.75) is 32.7 Å². The molecule has 1 saturated heterocycles. The predicted octanol–water partition coefficient (Wildman–Crippen LogP) is 5.71. The van der Waals surface area contributed by atoms with Crippen LogP contribution in [0, 0.1) is 13.8 Å². The van der Waals surface area contributed by atoms with Crippen LogP contribution >= 0.6 is 11.6 Å². The second-order valence-electron chi connectivity index (χ2n) is 8.65. The Morgan fingerprint density at radius 1 is 1.03 bits per heavy atom. The predicted molar refractivity (Wildman–Crippen MR) is 131 cm³/mol. The number of imidazole rings is 1. The lowest BCUT2D eigenvalue weighted by molar-refractivity contribution is -0.117. The van der Waals surface area contributed by atoms with E-state index in [1.807, 2.05) is 45.9 Å². The number of hydrogen-bond donors (Lipinski definition) is 0. The Balaban J connectivity index is 1.49. The van der Waals surface area contributed by atoms with Crippen LogP contribution in [0.3, 0.4) is 0 Å². The van der Waals surface area contributed by atoms with Crippen molar-refractivity contribution < 1.29 is 9.59 Å². The van der Waals surface area contributed by atoms with Gasteiger partial charge in [-0.05, 0) is 73.5 Å². The Morgan fingerprint density at radius 2 is 1.79 bits per heavy atom. The van der Waals surface area contributed by atoms with Crippen LogP contribution in [-0.2, 0) is 11.3 Å². The van der Waals surface area contributed by atoms with E-state index in [-0.39, 0.29) is 24.2 Å². The maximum atomic E-state index is 13.1. The summed E-state index contributed by atoms with van der Waals surface area (Å²) in [4.78, 5) is 32.7. The largest absolute Gasteiger partial charge is 0.320 e. The van der Waals surface area contributed by atoms with Crippen LogP contribution in [0.1, 0.15) is 39.6 Å². The third-order valence-electron chi connectivity index (χ3n) is 6.44. The van der Waals surface area contributed by atoms with Gasteiger partial charge in [0, 0.05) is 35.2 Å². The number of aryl methyl sites for hydroxylation is 2. The van der Waals surface area contributed by atoms with E-state index >= 15 is 0 Å². The summed E-state index contributed by atoms with van der Waals surface area (Å²) in [6, 6.07) is 20.8. The van der Waals surface area contributed by atoms with Gasteiger partial charge in [0.1, 0.15) is 5.82 Å². The second kappa shape index (κ2) is 8.49. The van der Waals surface area contributed by atoms with Gasteiger partial charge in [0.15, 0.2) is 5.78 Å². The Labute approximate surface area is 197 Å². The molecular weight excluding hydrogens is 434 g/mol. The van der Waals surface area contributed by atoms with Gasteiger partial charge in [-0.3, -0.25) is 9.59 Å². The van der Waals surface area contributed by atoms with Gasteiger partial charge in [-0.2, -0.15) is 0 Å². The van der Waals surface area contributed by atoms with E-state index in [4.69, 9.17) is 16.6 Å². The summed E-state index contributed by atoms with van der Waals surface area (Å²) in [5.41, 5.74) is 5.59. The Kier molecular flexibility index (Phi) is 5.51. The molecule has 1 aliphatic heterocycles. The number of carbonyl (C=O) groups is 2. The fourth-order valence-electron chi connectivity index (χ4n) is 4.47. The number of rotatable bonds is 5. The highest BCUT2D eigenvalue weighted by atomic mass is 35.5. The van der Waals surface area contributed by atoms with Crippen LogP contribution in [0.15, 0.2) is 66.7 Å². The van der Waals surface area contributed by atoms with E-state index in [1.54, 1.807) is 24.3 Å². The molecule has 5 nitrogen and oxygen atoms in total. The Hall–Kier alpha value is -3.44. The zero-order chi connectivity index (χ0) is 23.1. The fraction of sp³-hybridized carbons (Fsp3) is 0.222. The maximum Gasteiger partial charge on any atom is 0.227 e. The molecule has 1 unspecified atom stereocenters. The molecule has 5 rings (SSSR count). The van der Waals surface area contributed by atoms with E-state index in [2.05, 4.69) is 19.9 Å². The molecule has 0 spiro atoms. The minimum absolute atomic E-state index is 0.0218. The summed E-state index contributed by atoms with van der Waals surface area (Å²) >= 11 is 5.98. The molecule has 0 saturated carbocycles. The lowest BCUT2D eigenvalue weighted by Crippen LogP contribution is -2.25. The van der Waals surface area contributed by atoms with Gasteiger partial charge in [-0.15, -0.1) is 0 Å². The zero-order valence-corrected chi connectivity index (χ0v) is 19.3. The maximum absolute atomic E-state index is 13.1. The lowest BCUT2D eigenvalue weighted by Gasteiger charge is -2.18. The topological polar surface area (TPSA) is 55.2 Å². The van der Waals surface area contributed by atoms with Gasteiger partial charge < -0.3 is 9.47 Å². The SMILES string of the molecule is Cc1ccc(N2CC(c3nc4ccccc4n3CC(=O)c3ccc(Cl)cc3)CC2=O)cc1C. The first-order chi connectivity index (χ1) is 15.9. The molecule has 4 aromatic rings. The van der Waals surface area contributed by atoms with Crippen LogP contribution in [-0.4, -0.2) is 27.8 Å². The van der Waals surface area contributed by atoms with E-state index < -0.39 is 0 Å². The quantitative estimate of drug-likeness (QED) is 0.361. The minimum Gasteiger partial charge on any atom is -0.320 e. The molecule has 3 aromatic carbocycles. The number of amides is 1. The molecular formula is C27H24ClN3O2. The number of para-hydroxylation sites is 2. The summed E-state index contributed by atoms with van der Waals surface area (Å²) < 4.78 is 1.97. The molecule has 1 aliphatic rings. The highest BCUT2D eigenvalue weighted by molar-refractivity contribution is 6.30. The van der Waals surface area contributed by atoms with E-state index in [9.17, 15) is 9.59 Å². The monoisotopic (exact) mass is 457 g/mol. The molecule has 166 valence electrons. The first kappa shape index (κ1) is 21.4. The molecule has 0 N–H and O–H groups in total. The molecule has 0 aliphatic carbocycles. The van der Waals surface area contributed by atoms with Crippen LogP contribution in [0.4, 0.5) is 5.69 Å². The van der Waals surface area contributed by atoms with E-state index in [0.29, 0.717) is 23.6 Å². The number of aromatic nitrogens is 2. The van der Waals surface area contributed by atoms with Gasteiger partial charge in [0.05, 0.1) is 17.6 Å². The van der Waals surface area contributed by atoms with Crippen molar-refractivity contribution in [3.8, 4) is 0 Å². The van der Waals surface area contributed by atoms with Crippen LogP contribution in [0.2, 0.25) is 5.02 Å². The Bertz CT molecular complexity index is 1370. The van der Waals surface area contributed by atoms with Crippen molar-refractivity contribution in [1.29, 1.82) is 0 Å². The van der Waals surface area contributed by atoms with Crippen LogP contribution in [0.5, 0.6) is 0 Å². The molecule has 1 atom stereocenters. The molecule has 6 heteroatoms. The van der Waals surface area contributed by atoms with Gasteiger partial charge in [-0.1, -0.05) is 29.8 Å².